The van der Waals surface area contributed by atoms with Gasteiger partial charge in [-0.2, -0.15) is 0 Å². The summed E-state index contributed by atoms with van der Waals surface area (Å²) in [6, 6.07) is 8.52. The van der Waals surface area contributed by atoms with Crippen LogP contribution in [0.15, 0.2) is 24.3 Å². The maximum atomic E-state index is 5.57. The zero-order valence-corrected chi connectivity index (χ0v) is 11.8. The van der Waals surface area contributed by atoms with E-state index in [0.29, 0.717) is 0 Å². The molecule has 0 heterocycles. The molecule has 1 fully saturated rings. The van der Waals surface area contributed by atoms with Gasteiger partial charge in [-0.3, -0.25) is 0 Å². The highest BCUT2D eigenvalue weighted by atomic mass is 16.5. The molecule has 0 atom stereocenters. The van der Waals surface area contributed by atoms with Crippen molar-refractivity contribution in [2.75, 3.05) is 20.7 Å². The number of hydrogen-bond acceptors (Lipinski definition) is 2. The Morgan fingerprint density at radius 1 is 1.28 bits per heavy atom. The third-order valence-corrected chi connectivity index (χ3v) is 4.42. The lowest BCUT2D eigenvalue weighted by molar-refractivity contribution is 0.231. The van der Waals surface area contributed by atoms with Gasteiger partial charge in [0.15, 0.2) is 0 Å². The highest BCUT2D eigenvalue weighted by molar-refractivity contribution is 5.40. The summed E-state index contributed by atoms with van der Waals surface area (Å²) in [6.45, 7) is 3.41. The first-order chi connectivity index (χ1) is 8.72. The number of hydrogen-bond donors (Lipinski definition) is 1. The van der Waals surface area contributed by atoms with Crippen molar-refractivity contribution in [1.29, 1.82) is 0 Å². The van der Waals surface area contributed by atoms with Crippen LogP contribution in [0.2, 0.25) is 0 Å². The van der Waals surface area contributed by atoms with Crippen molar-refractivity contribution < 1.29 is 4.74 Å². The largest absolute Gasteiger partial charge is 0.496 e. The number of rotatable bonds is 4. The van der Waals surface area contributed by atoms with E-state index in [4.69, 9.17) is 4.74 Å². The Labute approximate surface area is 111 Å². The van der Waals surface area contributed by atoms with Crippen molar-refractivity contribution in [1.82, 2.24) is 5.32 Å². The molecule has 0 saturated heterocycles. The van der Waals surface area contributed by atoms with Gasteiger partial charge < -0.3 is 10.1 Å². The van der Waals surface area contributed by atoms with Crippen LogP contribution >= 0.6 is 0 Å². The van der Waals surface area contributed by atoms with E-state index in [1.807, 2.05) is 0 Å². The van der Waals surface area contributed by atoms with E-state index in [-0.39, 0.29) is 5.41 Å². The lowest BCUT2D eigenvalue weighted by Crippen LogP contribution is -2.40. The SMILES string of the molecule is CNCC1(c2ccccc2OC)CCC(C)CC1. The Morgan fingerprint density at radius 2 is 1.94 bits per heavy atom. The molecular weight excluding hydrogens is 222 g/mol. The fourth-order valence-corrected chi connectivity index (χ4v) is 3.28. The van der Waals surface area contributed by atoms with Crippen LogP contribution in [0, 0.1) is 5.92 Å². The molecule has 1 N–H and O–H groups in total. The van der Waals surface area contributed by atoms with Crippen LogP contribution in [0.4, 0.5) is 0 Å². The summed E-state index contributed by atoms with van der Waals surface area (Å²) in [4.78, 5) is 0. The molecule has 0 aliphatic heterocycles. The van der Waals surface area contributed by atoms with E-state index < -0.39 is 0 Å². The third-order valence-electron chi connectivity index (χ3n) is 4.42. The van der Waals surface area contributed by atoms with Gasteiger partial charge in [-0.1, -0.05) is 25.1 Å². The Kier molecular flexibility index (Phi) is 4.28. The van der Waals surface area contributed by atoms with Crippen molar-refractivity contribution in [3.63, 3.8) is 0 Å². The van der Waals surface area contributed by atoms with Crippen molar-refractivity contribution in [3.05, 3.63) is 29.8 Å². The van der Waals surface area contributed by atoms with Crippen LogP contribution in [0.25, 0.3) is 0 Å². The Balaban J connectivity index is 2.34. The molecule has 1 aliphatic carbocycles. The van der Waals surface area contributed by atoms with E-state index in [0.717, 1.165) is 18.2 Å². The highest BCUT2D eigenvalue weighted by Crippen LogP contribution is 2.44. The van der Waals surface area contributed by atoms with Gasteiger partial charge in [0.25, 0.3) is 0 Å². The molecule has 1 aromatic rings. The average molecular weight is 247 g/mol. The fourth-order valence-electron chi connectivity index (χ4n) is 3.28. The van der Waals surface area contributed by atoms with Crippen molar-refractivity contribution in [2.45, 2.75) is 38.0 Å². The van der Waals surface area contributed by atoms with Crippen LogP contribution in [0.5, 0.6) is 5.75 Å². The van der Waals surface area contributed by atoms with Gasteiger partial charge in [0.2, 0.25) is 0 Å². The van der Waals surface area contributed by atoms with Gasteiger partial charge in [-0.05, 0) is 44.7 Å². The van der Waals surface area contributed by atoms with E-state index in [2.05, 4.69) is 43.6 Å². The van der Waals surface area contributed by atoms with Crippen molar-refractivity contribution in [2.24, 2.45) is 5.92 Å². The summed E-state index contributed by atoms with van der Waals surface area (Å²) in [5.74, 6) is 1.91. The normalized spacial score (nSPS) is 28.1. The second-order valence-electron chi connectivity index (χ2n) is 5.69. The second kappa shape index (κ2) is 5.75. The fraction of sp³-hybridized carbons (Fsp3) is 0.625. The monoisotopic (exact) mass is 247 g/mol. The smallest absolute Gasteiger partial charge is 0.122 e. The number of benzene rings is 1. The molecule has 100 valence electrons. The maximum Gasteiger partial charge on any atom is 0.122 e. The van der Waals surface area contributed by atoms with Crippen molar-refractivity contribution >= 4 is 0 Å². The predicted molar refractivity (Wildman–Crippen MR) is 76.2 cm³/mol. The van der Waals surface area contributed by atoms with Crippen LogP contribution in [0.1, 0.15) is 38.2 Å². The van der Waals surface area contributed by atoms with Gasteiger partial charge in [0, 0.05) is 17.5 Å². The molecule has 0 unspecified atom stereocenters. The molecule has 0 radical (unpaired) electrons. The maximum absolute atomic E-state index is 5.57. The molecule has 0 aromatic heterocycles. The lowest BCUT2D eigenvalue weighted by Gasteiger charge is -2.40. The first-order valence-corrected chi connectivity index (χ1v) is 7.00. The lowest BCUT2D eigenvalue weighted by atomic mass is 9.66. The van der Waals surface area contributed by atoms with E-state index in [1.54, 1.807) is 7.11 Å². The minimum absolute atomic E-state index is 0.258. The van der Waals surface area contributed by atoms with Crippen molar-refractivity contribution in [3.8, 4) is 5.75 Å². The molecule has 1 aliphatic rings. The summed E-state index contributed by atoms with van der Waals surface area (Å²) in [5, 5.41) is 3.39. The molecule has 2 rings (SSSR count). The number of likely N-dealkylation sites (N-methyl/N-ethyl adjacent to an activating group) is 1. The van der Waals surface area contributed by atoms with Gasteiger partial charge in [0.05, 0.1) is 7.11 Å². The zero-order chi connectivity index (χ0) is 13.0. The number of ether oxygens (including phenoxy) is 1. The number of para-hydroxylation sites is 1. The molecule has 2 nitrogen and oxygen atoms in total. The Hall–Kier alpha value is -1.02. The van der Waals surface area contributed by atoms with Gasteiger partial charge in [-0.15, -0.1) is 0 Å². The molecule has 2 heteroatoms. The first-order valence-electron chi connectivity index (χ1n) is 7.00. The van der Waals surface area contributed by atoms with E-state index in [1.165, 1.54) is 31.2 Å². The first kappa shape index (κ1) is 13.4. The Bertz CT molecular complexity index is 380. The minimum Gasteiger partial charge on any atom is -0.496 e. The topological polar surface area (TPSA) is 21.3 Å². The quantitative estimate of drug-likeness (QED) is 0.881. The van der Waals surface area contributed by atoms with Gasteiger partial charge in [-0.25, -0.2) is 0 Å². The highest BCUT2D eigenvalue weighted by Gasteiger charge is 2.37. The standard InChI is InChI=1S/C16H25NO/c1-13-8-10-16(11-9-13,12-17-2)14-6-4-5-7-15(14)18-3/h4-7,13,17H,8-12H2,1-3H3. The minimum atomic E-state index is 0.258. The summed E-state index contributed by atoms with van der Waals surface area (Å²) < 4.78 is 5.57. The van der Waals surface area contributed by atoms with E-state index >= 15 is 0 Å². The molecule has 18 heavy (non-hydrogen) atoms. The average Bonchev–Trinajstić information content (AvgIpc) is 2.42. The third kappa shape index (κ3) is 2.54. The predicted octanol–water partition coefficient (Wildman–Crippen LogP) is 3.36. The van der Waals surface area contributed by atoms with Crippen LogP contribution < -0.4 is 10.1 Å². The molecule has 0 amide bonds. The molecule has 1 saturated carbocycles. The summed E-state index contributed by atoms with van der Waals surface area (Å²) >= 11 is 0. The number of methoxy groups -OCH3 is 1. The van der Waals surface area contributed by atoms with Crippen LogP contribution in [-0.2, 0) is 5.41 Å². The Morgan fingerprint density at radius 3 is 2.56 bits per heavy atom. The zero-order valence-electron chi connectivity index (χ0n) is 11.8. The van der Waals surface area contributed by atoms with Gasteiger partial charge in [0.1, 0.15) is 5.75 Å². The summed E-state index contributed by atoms with van der Waals surface area (Å²) in [7, 11) is 3.83. The molecule has 0 spiro atoms. The molecule has 0 bridgehead atoms. The van der Waals surface area contributed by atoms with Gasteiger partial charge >= 0.3 is 0 Å². The van der Waals surface area contributed by atoms with E-state index in [9.17, 15) is 0 Å². The summed E-state index contributed by atoms with van der Waals surface area (Å²) in [6.07, 6.45) is 5.16. The molecule has 1 aromatic carbocycles. The number of nitrogens with one attached hydrogen (secondary N) is 1. The van der Waals surface area contributed by atoms with Crippen LogP contribution in [-0.4, -0.2) is 20.7 Å². The molecular formula is C16H25NO. The van der Waals surface area contributed by atoms with Crippen LogP contribution in [0.3, 0.4) is 0 Å². The second-order valence-corrected chi connectivity index (χ2v) is 5.69. The summed E-state index contributed by atoms with van der Waals surface area (Å²) in [5.41, 5.74) is 1.64.